The maximum Gasteiger partial charge on any atom is 0.410 e. The molecule has 0 spiro atoms. The number of nitrogens with zero attached hydrogens (tertiary/aromatic N) is 1. The van der Waals surface area contributed by atoms with Gasteiger partial charge in [0.2, 0.25) is 0 Å². The van der Waals surface area contributed by atoms with Crippen LogP contribution in [0.15, 0.2) is 6.08 Å². The Hall–Kier alpha value is -1.28. The molecule has 0 bridgehead atoms. The zero-order valence-electron chi connectivity index (χ0n) is 9.45. The molecule has 1 unspecified atom stereocenters. The van der Waals surface area contributed by atoms with E-state index < -0.39 is 5.60 Å². The van der Waals surface area contributed by atoms with Crippen molar-refractivity contribution in [2.75, 3.05) is 6.54 Å². The topological polar surface area (TPSA) is 46.6 Å². The summed E-state index contributed by atoms with van der Waals surface area (Å²) in [5, 5.41) is 0. The molecule has 4 nitrogen and oxygen atoms in total. The van der Waals surface area contributed by atoms with Gasteiger partial charge in [-0.1, -0.05) is 0 Å². The van der Waals surface area contributed by atoms with Crippen molar-refractivity contribution < 1.29 is 14.3 Å². The van der Waals surface area contributed by atoms with Crippen molar-refractivity contribution in [2.24, 2.45) is 0 Å². The molecule has 0 aromatic carbocycles. The number of hydrogen-bond acceptors (Lipinski definition) is 3. The summed E-state index contributed by atoms with van der Waals surface area (Å²) in [5.74, 6) is 1.73. The van der Waals surface area contributed by atoms with E-state index in [1.165, 1.54) is 6.08 Å². The molecular weight excluding hydrogens is 194 g/mol. The van der Waals surface area contributed by atoms with Crippen molar-refractivity contribution in [3.05, 3.63) is 6.08 Å². The molecule has 1 saturated heterocycles. The van der Waals surface area contributed by atoms with E-state index in [1.807, 2.05) is 20.8 Å². The van der Waals surface area contributed by atoms with Gasteiger partial charge in [-0.05, 0) is 33.6 Å². The Morgan fingerprint density at radius 2 is 2.20 bits per heavy atom. The maximum absolute atomic E-state index is 11.7. The maximum atomic E-state index is 11.7. The molecule has 0 aliphatic carbocycles. The molecule has 1 fully saturated rings. The first kappa shape index (κ1) is 11.8. The van der Waals surface area contributed by atoms with E-state index in [2.05, 4.69) is 0 Å². The Balaban J connectivity index is 2.62. The summed E-state index contributed by atoms with van der Waals surface area (Å²) in [5.41, 5.74) is -0.491. The molecule has 1 rings (SSSR count). The van der Waals surface area contributed by atoms with Gasteiger partial charge in [0.15, 0.2) is 0 Å². The molecule has 15 heavy (non-hydrogen) atoms. The number of amides is 1. The average Bonchev–Trinajstić information content (AvgIpc) is 2.49. The van der Waals surface area contributed by atoms with E-state index in [1.54, 1.807) is 10.8 Å². The second-order valence-corrected chi connectivity index (χ2v) is 4.67. The highest BCUT2D eigenvalue weighted by Gasteiger charge is 2.30. The normalized spacial score (nSPS) is 21.0. The smallest absolute Gasteiger partial charge is 0.410 e. The minimum Gasteiger partial charge on any atom is -0.444 e. The van der Waals surface area contributed by atoms with Crippen LogP contribution in [0.25, 0.3) is 0 Å². The van der Waals surface area contributed by atoms with E-state index in [0.29, 0.717) is 6.54 Å². The number of ether oxygens (including phenoxy) is 1. The van der Waals surface area contributed by atoms with Gasteiger partial charge in [0.05, 0.1) is 6.04 Å². The van der Waals surface area contributed by atoms with Crippen LogP contribution < -0.4 is 0 Å². The molecule has 1 amide bonds. The number of hydrogen-bond donors (Lipinski definition) is 0. The fourth-order valence-corrected chi connectivity index (χ4v) is 1.59. The molecular formula is C11H17NO3. The molecule has 0 N–H and O–H groups in total. The van der Waals surface area contributed by atoms with Crippen molar-refractivity contribution in [1.82, 2.24) is 4.90 Å². The van der Waals surface area contributed by atoms with Gasteiger partial charge in [0.25, 0.3) is 0 Å². The SMILES string of the molecule is CC(C)(C)OC(=O)N1CCCC1C=C=O. The summed E-state index contributed by atoms with van der Waals surface area (Å²) in [6.45, 7) is 6.13. The van der Waals surface area contributed by atoms with Crippen LogP contribution in [-0.2, 0) is 9.53 Å². The lowest BCUT2D eigenvalue weighted by molar-refractivity contribution is 0.0256. The standard InChI is InChI=1S/C11H17NO3/c1-11(2,3)15-10(14)12-7-4-5-9(12)6-8-13/h6,9H,4-5,7H2,1-3H3. The first-order valence-corrected chi connectivity index (χ1v) is 5.14. The summed E-state index contributed by atoms with van der Waals surface area (Å²) in [7, 11) is 0. The lowest BCUT2D eigenvalue weighted by Gasteiger charge is -2.26. The average molecular weight is 211 g/mol. The summed E-state index contributed by atoms with van der Waals surface area (Å²) < 4.78 is 5.24. The Morgan fingerprint density at radius 1 is 1.53 bits per heavy atom. The van der Waals surface area contributed by atoms with Crippen LogP contribution in [-0.4, -0.2) is 35.1 Å². The van der Waals surface area contributed by atoms with Crippen LogP contribution >= 0.6 is 0 Å². The molecule has 1 atom stereocenters. The first-order chi connectivity index (χ1) is 6.94. The van der Waals surface area contributed by atoms with Crippen LogP contribution in [0.4, 0.5) is 4.79 Å². The minimum atomic E-state index is -0.491. The summed E-state index contributed by atoms with van der Waals surface area (Å²) in [4.78, 5) is 23.5. The van der Waals surface area contributed by atoms with Gasteiger partial charge < -0.3 is 9.64 Å². The lowest BCUT2D eigenvalue weighted by atomic mass is 10.2. The van der Waals surface area contributed by atoms with Gasteiger partial charge in [-0.15, -0.1) is 0 Å². The summed E-state index contributed by atoms with van der Waals surface area (Å²) >= 11 is 0. The van der Waals surface area contributed by atoms with Gasteiger partial charge in [-0.3, -0.25) is 0 Å². The zero-order valence-corrected chi connectivity index (χ0v) is 9.45. The monoisotopic (exact) mass is 211 g/mol. The van der Waals surface area contributed by atoms with Gasteiger partial charge in [-0.2, -0.15) is 0 Å². The van der Waals surface area contributed by atoms with Crippen molar-refractivity contribution in [1.29, 1.82) is 0 Å². The van der Waals surface area contributed by atoms with Crippen LogP contribution in [0.3, 0.4) is 0 Å². The predicted octanol–water partition coefficient (Wildman–Crippen LogP) is 1.77. The van der Waals surface area contributed by atoms with E-state index in [4.69, 9.17) is 4.74 Å². The van der Waals surface area contributed by atoms with Crippen molar-refractivity contribution >= 4 is 12.0 Å². The Bertz CT molecular complexity index is 287. The zero-order chi connectivity index (χ0) is 11.5. The second kappa shape index (κ2) is 4.49. The Labute approximate surface area is 89.9 Å². The second-order valence-electron chi connectivity index (χ2n) is 4.67. The molecule has 0 aromatic rings. The number of likely N-dealkylation sites (tertiary alicyclic amines) is 1. The summed E-state index contributed by atoms with van der Waals surface area (Å²) in [6.07, 6.45) is 2.75. The molecule has 0 aromatic heterocycles. The molecule has 1 aliphatic rings. The highest BCUT2D eigenvalue weighted by Crippen LogP contribution is 2.20. The highest BCUT2D eigenvalue weighted by atomic mass is 16.6. The summed E-state index contributed by atoms with van der Waals surface area (Å²) in [6, 6.07) is -0.141. The van der Waals surface area contributed by atoms with E-state index >= 15 is 0 Å². The molecule has 1 aliphatic heterocycles. The molecule has 84 valence electrons. The first-order valence-electron chi connectivity index (χ1n) is 5.14. The van der Waals surface area contributed by atoms with Crippen molar-refractivity contribution in [3.63, 3.8) is 0 Å². The Kier molecular flexibility index (Phi) is 3.53. The highest BCUT2D eigenvalue weighted by molar-refractivity contribution is 5.70. The van der Waals surface area contributed by atoms with E-state index in [9.17, 15) is 9.59 Å². The quantitative estimate of drug-likeness (QED) is 0.621. The number of rotatable bonds is 1. The predicted molar refractivity (Wildman–Crippen MR) is 56.2 cm³/mol. The van der Waals surface area contributed by atoms with E-state index in [-0.39, 0.29) is 12.1 Å². The van der Waals surface area contributed by atoms with Gasteiger partial charge in [0.1, 0.15) is 11.5 Å². The molecule has 0 saturated carbocycles. The van der Waals surface area contributed by atoms with Crippen LogP contribution in [0.5, 0.6) is 0 Å². The van der Waals surface area contributed by atoms with Gasteiger partial charge in [0, 0.05) is 12.6 Å². The minimum absolute atomic E-state index is 0.141. The largest absolute Gasteiger partial charge is 0.444 e. The third-order valence-electron chi connectivity index (χ3n) is 2.19. The van der Waals surface area contributed by atoms with Gasteiger partial charge in [-0.25, -0.2) is 9.59 Å². The van der Waals surface area contributed by atoms with Gasteiger partial charge >= 0.3 is 6.09 Å². The van der Waals surface area contributed by atoms with Crippen molar-refractivity contribution in [3.8, 4) is 0 Å². The van der Waals surface area contributed by atoms with Crippen LogP contribution in [0.1, 0.15) is 33.6 Å². The molecule has 1 heterocycles. The van der Waals surface area contributed by atoms with E-state index in [0.717, 1.165) is 12.8 Å². The van der Waals surface area contributed by atoms with Crippen LogP contribution in [0.2, 0.25) is 0 Å². The molecule has 0 radical (unpaired) electrons. The van der Waals surface area contributed by atoms with Crippen molar-refractivity contribution in [2.45, 2.75) is 45.3 Å². The number of carbonyl (C=O) groups is 1. The Morgan fingerprint density at radius 3 is 2.73 bits per heavy atom. The third kappa shape index (κ3) is 3.40. The lowest BCUT2D eigenvalue weighted by Crippen LogP contribution is -2.39. The van der Waals surface area contributed by atoms with Crippen LogP contribution in [0, 0.1) is 0 Å². The molecule has 4 heteroatoms. The fourth-order valence-electron chi connectivity index (χ4n) is 1.59. The number of carbonyl (C=O) groups excluding carboxylic acids is 2. The third-order valence-corrected chi connectivity index (χ3v) is 2.19. The fraction of sp³-hybridized carbons (Fsp3) is 0.727.